The summed E-state index contributed by atoms with van der Waals surface area (Å²) in [5, 5.41) is 21.1. The van der Waals surface area contributed by atoms with Crippen molar-refractivity contribution < 1.29 is 28.7 Å². The van der Waals surface area contributed by atoms with Gasteiger partial charge in [0, 0.05) is 22.8 Å². The molecule has 1 aromatic carbocycles. The highest BCUT2D eigenvalue weighted by molar-refractivity contribution is 5.95. The van der Waals surface area contributed by atoms with Crippen LogP contribution in [0.3, 0.4) is 0 Å². The average Bonchev–Trinajstić information content (AvgIpc) is 2.89. The first kappa shape index (κ1) is 14.7. The number of amides is 1. The summed E-state index contributed by atoms with van der Waals surface area (Å²) >= 11 is 0. The van der Waals surface area contributed by atoms with E-state index in [0.717, 1.165) is 6.07 Å². The maximum atomic E-state index is 13.0. The van der Waals surface area contributed by atoms with Gasteiger partial charge in [0.15, 0.2) is 0 Å². The van der Waals surface area contributed by atoms with E-state index in [1.165, 1.54) is 29.9 Å². The molecule has 0 saturated heterocycles. The van der Waals surface area contributed by atoms with Crippen molar-refractivity contribution in [3.05, 3.63) is 47.2 Å². The first-order valence-electron chi connectivity index (χ1n) is 5.75. The van der Waals surface area contributed by atoms with Crippen LogP contribution in [0.5, 0.6) is 5.88 Å². The molecule has 0 atom stereocenters. The molecule has 0 spiro atoms. The van der Waals surface area contributed by atoms with E-state index in [0.29, 0.717) is 4.85 Å². The molecule has 9 heteroatoms. The van der Waals surface area contributed by atoms with Gasteiger partial charge in [0.1, 0.15) is 6.61 Å². The molecule has 0 radical (unpaired) electrons. The molecule has 0 unspecified atom stereocenters. The highest BCUT2D eigenvalue weighted by Gasteiger charge is 2.20. The van der Waals surface area contributed by atoms with Crippen molar-refractivity contribution >= 4 is 5.91 Å². The van der Waals surface area contributed by atoms with Gasteiger partial charge < -0.3 is 9.94 Å². The Hall–Kier alpha value is -2.68. The first-order chi connectivity index (χ1) is 10.0. The number of alkyl halides is 2. The molecule has 0 bridgehead atoms. The molecule has 0 fully saturated rings. The number of hydrogen-bond acceptors (Lipinski definition) is 5. The van der Waals surface area contributed by atoms with E-state index in [1.54, 1.807) is 0 Å². The minimum atomic E-state index is -2.81. The maximum Gasteiger partial charge on any atom is 0.275 e. The quantitative estimate of drug-likeness (QED) is 0.444. The van der Waals surface area contributed by atoms with E-state index in [4.69, 9.17) is 15.2 Å². The van der Waals surface area contributed by atoms with Crippen LogP contribution in [0, 0.1) is 0 Å². The minimum absolute atomic E-state index is 0.00285. The smallest absolute Gasteiger partial charge is 0.275 e. The van der Waals surface area contributed by atoms with Crippen LogP contribution in [0.1, 0.15) is 27.9 Å². The Labute approximate surface area is 117 Å². The molecular weight excluding hydrogens is 288 g/mol. The maximum absolute atomic E-state index is 13.0. The second-order valence-corrected chi connectivity index (χ2v) is 3.98. The molecule has 21 heavy (non-hydrogen) atoms. The van der Waals surface area contributed by atoms with Crippen molar-refractivity contribution in [2.75, 3.05) is 0 Å². The average molecular weight is 299 g/mol. The highest BCUT2D eigenvalue weighted by atomic mass is 19.3. The number of hydrogen-bond donors (Lipinski definition) is 3. The predicted octanol–water partition coefficient (Wildman–Crippen LogP) is 1.76. The van der Waals surface area contributed by atoms with Gasteiger partial charge in [-0.05, 0) is 6.07 Å². The molecule has 1 aromatic heterocycles. The topological polar surface area (TPSA) is 96.6 Å². The third kappa shape index (κ3) is 3.26. The molecule has 2 aromatic rings. The van der Waals surface area contributed by atoms with Gasteiger partial charge in [-0.15, -0.1) is 4.85 Å². The van der Waals surface area contributed by atoms with Crippen molar-refractivity contribution in [1.82, 2.24) is 15.4 Å². The lowest BCUT2D eigenvalue weighted by atomic mass is 10.0. The van der Waals surface area contributed by atoms with Gasteiger partial charge in [-0.25, -0.2) is 14.3 Å². The Morgan fingerprint density at radius 3 is 2.76 bits per heavy atom. The molecule has 1 heterocycles. The molecule has 0 aliphatic heterocycles. The second kappa shape index (κ2) is 6.18. The van der Waals surface area contributed by atoms with Crippen LogP contribution >= 0.6 is 0 Å². The largest absolute Gasteiger partial charge is 0.472 e. The molecule has 0 aliphatic carbocycles. The summed E-state index contributed by atoms with van der Waals surface area (Å²) in [5.41, 5.74) is 0.784. The Morgan fingerprint density at radius 1 is 1.43 bits per heavy atom. The Balaban J connectivity index is 2.32. The van der Waals surface area contributed by atoms with Crippen LogP contribution in [-0.4, -0.2) is 26.3 Å². The summed E-state index contributed by atoms with van der Waals surface area (Å²) in [6.07, 6.45) is -1.62. The highest BCUT2D eigenvalue weighted by Crippen LogP contribution is 2.26. The number of hydroxylamine groups is 1. The first-order valence-corrected chi connectivity index (χ1v) is 5.75. The number of carbonyl (C=O) groups excluding carboxylic acids is 1. The molecule has 3 N–H and O–H groups in total. The lowest BCUT2D eigenvalue weighted by Gasteiger charge is -2.13. The zero-order valence-corrected chi connectivity index (χ0v) is 10.5. The summed E-state index contributed by atoms with van der Waals surface area (Å²) in [4.78, 5) is 12.0. The molecule has 1 amide bonds. The summed E-state index contributed by atoms with van der Waals surface area (Å²) in [6, 6.07) is 5.03. The number of halogens is 2. The van der Waals surface area contributed by atoms with Crippen LogP contribution < -0.4 is 10.2 Å². The fraction of sp³-hybridized carbons (Fsp3) is 0.167. The Bertz CT molecular complexity index is 645. The molecule has 0 aliphatic rings. The third-order valence-electron chi connectivity index (χ3n) is 2.71. The fourth-order valence-corrected chi connectivity index (χ4v) is 1.76. The van der Waals surface area contributed by atoms with E-state index < -0.39 is 12.3 Å². The van der Waals surface area contributed by atoms with Crippen LogP contribution in [0.4, 0.5) is 8.78 Å². The van der Waals surface area contributed by atoms with Crippen LogP contribution in [0.25, 0.3) is 0 Å². The predicted molar refractivity (Wildman–Crippen MR) is 64.4 cm³/mol. The zero-order valence-electron chi connectivity index (χ0n) is 10.5. The van der Waals surface area contributed by atoms with Crippen molar-refractivity contribution in [1.29, 1.82) is 0 Å². The van der Waals surface area contributed by atoms with Gasteiger partial charge in [-0.2, -0.15) is 0 Å². The third-order valence-corrected chi connectivity index (χ3v) is 2.71. The number of carbonyl (C=O) groups is 1. The van der Waals surface area contributed by atoms with Gasteiger partial charge in [-0.1, -0.05) is 17.2 Å². The second-order valence-electron chi connectivity index (χ2n) is 3.98. The van der Waals surface area contributed by atoms with Crippen LogP contribution in [0.15, 0.2) is 30.5 Å². The van der Waals surface area contributed by atoms with Crippen LogP contribution in [-0.2, 0) is 6.61 Å². The molecular formula is C12H11F2N3O4. The van der Waals surface area contributed by atoms with Crippen molar-refractivity contribution in [3.8, 4) is 5.88 Å². The lowest BCUT2D eigenvalue weighted by molar-refractivity contribution is 0.0702. The summed E-state index contributed by atoms with van der Waals surface area (Å²) in [6.45, 7) is -0.375. The molecule has 7 nitrogen and oxygen atoms in total. The summed E-state index contributed by atoms with van der Waals surface area (Å²) < 4.78 is 31.1. The van der Waals surface area contributed by atoms with E-state index >= 15 is 0 Å². The van der Waals surface area contributed by atoms with E-state index in [1.807, 2.05) is 0 Å². The van der Waals surface area contributed by atoms with Gasteiger partial charge in [0.25, 0.3) is 12.3 Å². The van der Waals surface area contributed by atoms with E-state index in [2.05, 4.69) is 5.10 Å². The van der Waals surface area contributed by atoms with Gasteiger partial charge in [0.05, 0.1) is 6.20 Å². The van der Waals surface area contributed by atoms with Gasteiger partial charge >= 0.3 is 0 Å². The van der Waals surface area contributed by atoms with Gasteiger partial charge in [-0.3, -0.25) is 10.0 Å². The standard InChI is InChI=1S/C12H11F2N3O4/c13-11(14)7-2-1-3-8(12(18)16-19)9(7)6-21-10-4-5-17(20)15-10/h1-5,11,19-20H,6H2,(H,16,18). The summed E-state index contributed by atoms with van der Waals surface area (Å²) in [7, 11) is 0. The molecule has 112 valence electrons. The number of nitrogens with one attached hydrogen (secondary N) is 1. The van der Waals surface area contributed by atoms with Crippen molar-refractivity contribution in [2.24, 2.45) is 0 Å². The number of nitrogens with zero attached hydrogens (tertiary/aromatic N) is 2. The summed E-state index contributed by atoms with van der Waals surface area (Å²) in [5.74, 6) is -0.930. The van der Waals surface area contributed by atoms with E-state index in [9.17, 15) is 13.6 Å². The monoisotopic (exact) mass is 299 g/mol. The van der Waals surface area contributed by atoms with Crippen molar-refractivity contribution in [2.45, 2.75) is 13.0 Å². The number of benzene rings is 1. The fourth-order valence-electron chi connectivity index (χ4n) is 1.76. The van der Waals surface area contributed by atoms with Crippen molar-refractivity contribution in [3.63, 3.8) is 0 Å². The molecule has 2 rings (SSSR count). The SMILES string of the molecule is O=C(NO)c1cccc(C(F)F)c1COc1ccn(O)n1. The molecule has 0 saturated carbocycles. The Morgan fingerprint density at radius 2 is 2.19 bits per heavy atom. The lowest BCUT2D eigenvalue weighted by Crippen LogP contribution is -2.21. The van der Waals surface area contributed by atoms with Crippen LogP contribution in [0.2, 0.25) is 0 Å². The minimum Gasteiger partial charge on any atom is -0.472 e. The zero-order chi connectivity index (χ0) is 15.4. The normalized spacial score (nSPS) is 10.7. The number of aromatic nitrogens is 2. The number of rotatable bonds is 5. The number of ether oxygens (including phenoxy) is 1. The van der Waals surface area contributed by atoms with Gasteiger partial charge in [0.2, 0.25) is 5.88 Å². The Kier molecular flexibility index (Phi) is 4.33. The van der Waals surface area contributed by atoms with E-state index in [-0.39, 0.29) is 29.2 Å².